The molecule has 0 saturated carbocycles. The first-order valence-corrected chi connectivity index (χ1v) is 12.2. The summed E-state index contributed by atoms with van der Waals surface area (Å²) in [5.74, 6) is 3.60. The maximum absolute atomic E-state index is 13.1. The van der Waals surface area contributed by atoms with Gasteiger partial charge in [-0.3, -0.25) is 4.79 Å². The van der Waals surface area contributed by atoms with E-state index in [1.54, 1.807) is 25.8 Å². The molecule has 0 unspecified atom stereocenters. The van der Waals surface area contributed by atoms with Crippen LogP contribution in [0.4, 0.5) is 5.82 Å². The van der Waals surface area contributed by atoms with Crippen molar-refractivity contribution >= 4 is 17.5 Å². The molecule has 1 amide bonds. The van der Waals surface area contributed by atoms with Crippen LogP contribution < -0.4 is 19.1 Å². The Labute approximate surface area is 215 Å². The molecule has 1 aliphatic heterocycles. The second-order valence-corrected chi connectivity index (χ2v) is 8.78. The number of carbonyl (C=O) groups excluding carboxylic acids is 1. The van der Waals surface area contributed by atoms with E-state index in [0.717, 1.165) is 41.2 Å². The van der Waals surface area contributed by atoms with E-state index in [-0.39, 0.29) is 5.91 Å². The number of hydrogen-bond acceptors (Lipinski definition) is 8. The molecule has 1 fully saturated rings. The molecule has 0 spiro atoms. The fourth-order valence-corrected chi connectivity index (χ4v) is 4.69. The summed E-state index contributed by atoms with van der Waals surface area (Å²) in [7, 11) is 4.87. The molecule has 0 N–H and O–H groups in total. The average molecular weight is 503 g/mol. The molecule has 1 aliphatic rings. The van der Waals surface area contributed by atoms with E-state index in [1.165, 1.54) is 6.33 Å². The Morgan fingerprint density at radius 1 is 0.892 bits per heavy atom. The van der Waals surface area contributed by atoms with Crippen LogP contribution in [0.25, 0.3) is 16.9 Å². The van der Waals surface area contributed by atoms with Crippen molar-refractivity contribution < 1.29 is 19.0 Å². The van der Waals surface area contributed by atoms with Gasteiger partial charge in [-0.15, -0.1) is 0 Å². The van der Waals surface area contributed by atoms with Crippen LogP contribution >= 0.6 is 0 Å². The van der Waals surface area contributed by atoms with Crippen molar-refractivity contribution in [3.05, 3.63) is 60.6 Å². The summed E-state index contributed by atoms with van der Waals surface area (Å²) in [5.41, 5.74) is 2.80. The zero-order valence-electron chi connectivity index (χ0n) is 21.3. The molecule has 1 saturated heterocycles. The quantitative estimate of drug-likeness (QED) is 0.381. The van der Waals surface area contributed by atoms with Gasteiger partial charge in [-0.25, -0.2) is 4.98 Å². The Hall–Kier alpha value is -4.34. The summed E-state index contributed by atoms with van der Waals surface area (Å²) in [6.45, 7) is 2.74. The minimum Gasteiger partial charge on any atom is -0.497 e. The number of amides is 1. The maximum Gasteiger partial charge on any atom is 0.254 e. The van der Waals surface area contributed by atoms with Crippen LogP contribution in [-0.4, -0.2) is 77.9 Å². The molecule has 0 radical (unpaired) electrons. The van der Waals surface area contributed by atoms with Gasteiger partial charge in [0.1, 0.15) is 17.9 Å². The molecular weight excluding hydrogens is 472 g/mol. The minimum atomic E-state index is 0.118. The van der Waals surface area contributed by atoms with Crippen molar-refractivity contribution in [2.75, 3.05) is 52.4 Å². The topological polar surface area (TPSA) is 94.3 Å². The number of ether oxygens (including phenoxy) is 3. The van der Waals surface area contributed by atoms with Gasteiger partial charge in [-0.1, -0.05) is 18.2 Å². The second kappa shape index (κ2) is 10.7. The highest BCUT2D eigenvalue weighted by Crippen LogP contribution is 2.36. The number of methoxy groups -OCH3 is 3. The van der Waals surface area contributed by atoms with E-state index >= 15 is 0 Å². The van der Waals surface area contributed by atoms with Crippen LogP contribution in [0.1, 0.15) is 12.0 Å². The van der Waals surface area contributed by atoms with Crippen molar-refractivity contribution in [3.63, 3.8) is 0 Å². The first-order chi connectivity index (χ1) is 18.1. The molecule has 0 bridgehead atoms. The van der Waals surface area contributed by atoms with E-state index in [1.807, 2.05) is 53.6 Å². The molecule has 37 heavy (non-hydrogen) atoms. The van der Waals surface area contributed by atoms with Crippen molar-refractivity contribution in [1.82, 2.24) is 24.5 Å². The number of rotatable bonds is 7. The molecule has 2 aromatic carbocycles. The molecule has 10 heteroatoms. The summed E-state index contributed by atoms with van der Waals surface area (Å²) in [5, 5.41) is 4.47. The van der Waals surface area contributed by atoms with Crippen LogP contribution in [0.5, 0.6) is 17.2 Å². The van der Waals surface area contributed by atoms with Crippen LogP contribution in [0, 0.1) is 0 Å². The Balaban J connectivity index is 1.40. The highest BCUT2D eigenvalue weighted by Gasteiger charge is 2.24. The SMILES string of the molecule is COc1ccc(CC(=O)N2CCCN(c3c(-c4ccc(OC)c(OC)c4)cnc4ncnn34)CC2)cc1. The Kier molecular flexibility index (Phi) is 7.07. The number of carbonyl (C=O) groups is 1. The van der Waals surface area contributed by atoms with E-state index in [0.29, 0.717) is 43.3 Å². The van der Waals surface area contributed by atoms with E-state index in [2.05, 4.69) is 20.0 Å². The Bertz CT molecular complexity index is 1390. The van der Waals surface area contributed by atoms with Gasteiger partial charge >= 0.3 is 0 Å². The molecule has 10 nitrogen and oxygen atoms in total. The van der Waals surface area contributed by atoms with Gasteiger partial charge in [0.05, 0.1) is 27.8 Å². The zero-order chi connectivity index (χ0) is 25.8. The number of anilines is 1. The normalized spacial score (nSPS) is 13.9. The Morgan fingerprint density at radius 3 is 2.46 bits per heavy atom. The van der Waals surface area contributed by atoms with Gasteiger partial charge in [0.2, 0.25) is 5.91 Å². The maximum atomic E-state index is 13.1. The van der Waals surface area contributed by atoms with Gasteiger partial charge in [-0.2, -0.15) is 14.6 Å². The lowest BCUT2D eigenvalue weighted by Crippen LogP contribution is -2.36. The van der Waals surface area contributed by atoms with E-state index in [9.17, 15) is 4.79 Å². The van der Waals surface area contributed by atoms with Gasteiger partial charge in [0.15, 0.2) is 11.5 Å². The van der Waals surface area contributed by atoms with Gasteiger partial charge < -0.3 is 24.0 Å². The van der Waals surface area contributed by atoms with Crippen LogP contribution in [0.2, 0.25) is 0 Å². The van der Waals surface area contributed by atoms with E-state index in [4.69, 9.17) is 14.2 Å². The number of benzene rings is 2. The average Bonchev–Trinajstić information content (AvgIpc) is 3.29. The number of aromatic nitrogens is 4. The van der Waals surface area contributed by atoms with Gasteiger partial charge in [-0.05, 0) is 41.8 Å². The molecular formula is C27H30N6O4. The van der Waals surface area contributed by atoms with Crippen LogP contribution in [0.15, 0.2) is 55.0 Å². The summed E-state index contributed by atoms with van der Waals surface area (Å²) >= 11 is 0. The van der Waals surface area contributed by atoms with Crippen molar-refractivity contribution in [1.29, 1.82) is 0 Å². The highest BCUT2D eigenvalue weighted by atomic mass is 16.5. The van der Waals surface area contributed by atoms with Crippen molar-refractivity contribution in [2.24, 2.45) is 0 Å². The van der Waals surface area contributed by atoms with Crippen LogP contribution in [-0.2, 0) is 11.2 Å². The van der Waals surface area contributed by atoms with Crippen LogP contribution in [0.3, 0.4) is 0 Å². The zero-order valence-corrected chi connectivity index (χ0v) is 21.3. The smallest absolute Gasteiger partial charge is 0.254 e. The predicted molar refractivity (Wildman–Crippen MR) is 139 cm³/mol. The fraction of sp³-hybridized carbons (Fsp3) is 0.333. The van der Waals surface area contributed by atoms with Gasteiger partial charge in [0.25, 0.3) is 5.78 Å². The molecule has 192 valence electrons. The van der Waals surface area contributed by atoms with E-state index < -0.39 is 0 Å². The summed E-state index contributed by atoms with van der Waals surface area (Å²) in [6, 6.07) is 13.4. The number of nitrogens with zero attached hydrogens (tertiary/aromatic N) is 6. The molecule has 3 heterocycles. The number of fused-ring (bicyclic) bond motifs is 1. The lowest BCUT2D eigenvalue weighted by Gasteiger charge is -2.26. The fourth-order valence-electron chi connectivity index (χ4n) is 4.69. The summed E-state index contributed by atoms with van der Waals surface area (Å²) < 4.78 is 17.9. The second-order valence-electron chi connectivity index (χ2n) is 8.78. The minimum absolute atomic E-state index is 0.118. The monoisotopic (exact) mass is 502 g/mol. The Morgan fingerprint density at radius 2 is 1.70 bits per heavy atom. The van der Waals surface area contributed by atoms with Crippen molar-refractivity contribution in [2.45, 2.75) is 12.8 Å². The molecule has 4 aromatic rings. The summed E-state index contributed by atoms with van der Waals surface area (Å²) in [6.07, 6.45) is 4.52. The highest BCUT2D eigenvalue weighted by molar-refractivity contribution is 5.80. The third-order valence-electron chi connectivity index (χ3n) is 6.64. The van der Waals surface area contributed by atoms with Crippen molar-refractivity contribution in [3.8, 4) is 28.4 Å². The first kappa shape index (κ1) is 24.4. The standard InChI is InChI=1S/C27H30N6O4/c1-35-21-8-5-19(6-9-21)15-25(34)31-11-4-12-32(14-13-31)26-22(17-28-27-29-18-30-33(26)27)20-7-10-23(36-2)24(16-20)37-3/h5-10,16-18H,4,11-15H2,1-3H3. The lowest BCUT2D eigenvalue weighted by atomic mass is 10.1. The summed E-state index contributed by atoms with van der Waals surface area (Å²) in [4.78, 5) is 26.1. The first-order valence-electron chi connectivity index (χ1n) is 12.2. The molecule has 0 aliphatic carbocycles. The molecule has 5 rings (SSSR count). The number of hydrogen-bond donors (Lipinski definition) is 0. The molecule has 2 aromatic heterocycles. The molecule has 0 atom stereocenters. The predicted octanol–water partition coefficient (Wildman–Crippen LogP) is 3.10. The lowest BCUT2D eigenvalue weighted by molar-refractivity contribution is -0.130. The largest absolute Gasteiger partial charge is 0.497 e. The third-order valence-corrected chi connectivity index (χ3v) is 6.64. The third kappa shape index (κ3) is 5.00. The van der Waals surface area contributed by atoms with Gasteiger partial charge in [0, 0.05) is 37.9 Å².